The quantitative estimate of drug-likeness (QED) is 0.728. The smallest absolute Gasteiger partial charge is 0.202 e. The molecule has 4 nitrogen and oxygen atoms in total. The third-order valence-corrected chi connectivity index (χ3v) is 4.59. The number of halogens is 1. The number of hydrazine groups is 1. The summed E-state index contributed by atoms with van der Waals surface area (Å²) >= 11 is 3.45. The molecule has 19 heavy (non-hydrogen) atoms. The Hall–Kier alpha value is -1.27. The molecule has 0 saturated carbocycles. The summed E-state index contributed by atoms with van der Waals surface area (Å²) in [4.78, 5) is 4.37. The van der Waals surface area contributed by atoms with Crippen LogP contribution in [0.1, 0.15) is 28.4 Å². The minimum Gasteiger partial charge on any atom is -0.365 e. The van der Waals surface area contributed by atoms with Gasteiger partial charge in [-0.05, 0) is 35.7 Å². The van der Waals surface area contributed by atoms with Gasteiger partial charge in [0.05, 0.1) is 11.7 Å². The Kier molecular flexibility index (Phi) is 2.21. The number of fused-ring (bicyclic) bond motifs is 7. The topological polar surface area (TPSA) is 62.4 Å². The van der Waals surface area contributed by atoms with Gasteiger partial charge in [0.25, 0.3) is 0 Å². The number of aliphatic hydroxyl groups is 1. The Balaban J connectivity index is 2.07. The van der Waals surface area contributed by atoms with Crippen LogP contribution in [-0.2, 0) is 12.1 Å². The van der Waals surface area contributed by atoms with Crippen molar-refractivity contribution >= 4 is 15.9 Å². The van der Waals surface area contributed by atoms with Crippen LogP contribution in [0.4, 0.5) is 0 Å². The van der Waals surface area contributed by atoms with Gasteiger partial charge in [0.2, 0.25) is 5.72 Å². The van der Waals surface area contributed by atoms with Crippen LogP contribution < -0.4 is 5.84 Å². The van der Waals surface area contributed by atoms with Crippen molar-refractivity contribution in [3.05, 3.63) is 63.4 Å². The van der Waals surface area contributed by atoms with Gasteiger partial charge in [0.15, 0.2) is 0 Å². The first-order valence-electron chi connectivity index (χ1n) is 6.13. The zero-order valence-corrected chi connectivity index (χ0v) is 11.6. The Labute approximate surface area is 119 Å². The molecule has 0 saturated heterocycles. The largest absolute Gasteiger partial charge is 0.365 e. The number of rotatable bonds is 0. The molecule has 3 N–H and O–H groups in total. The van der Waals surface area contributed by atoms with Crippen molar-refractivity contribution in [1.82, 2.24) is 9.99 Å². The van der Waals surface area contributed by atoms with E-state index in [-0.39, 0.29) is 6.04 Å². The van der Waals surface area contributed by atoms with Gasteiger partial charge in [-0.2, -0.15) is 5.01 Å². The molecule has 1 aromatic carbocycles. The molecule has 2 aliphatic heterocycles. The molecule has 96 valence electrons. The summed E-state index contributed by atoms with van der Waals surface area (Å²) in [6, 6.07) is 9.82. The number of benzene rings is 1. The summed E-state index contributed by atoms with van der Waals surface area (Å²) in [5, 5.41) is 12.7. The molecule has 2 aliphatic rings. The van der Waals surface area contributed by atoms with Crippen molar-refractivity contribution in [1.29, 1.82) is 0 Å². The molecular formula is C14H12BrN3O. The maximum absolute atomic E-state index is 11.1. The Morgan fingerprint density at radius 2 is 2.26 bits per heavy atom. The van der Waals surface area contributed by atoms with Crippen LogP contribution in [-0.4, -0.2) is 15.1 Å². The van der Waals surface area contributed by atoms with Gasteiger partial charge in [-0.15, -0.1) is 0 Å². The van der Waals surface area contributed by atoms with Crippen LogP contribution in [0, 0.1) is 0 Å². The summed E-state index contributed by atoms with van der Waals surface area (Å²) in [6.45, 7) is 0. The van der Waals surface area contributed by atoms with Gasteiger partial charge in [-0.25, -0.2) is 0 Å². The standard InChI is InChI=1S/C14H12BrN3O/c15-9-4-3-8-6-12-10-2-1-5-17-13(10)14(19,18(12)16)11(8)7-9/h1-5,7,12,19H,6,16H2. The summed E-state index contributed by atoms with van der Waals surface area (Å²) in [7, 11) is 0. The zero-order valence-electron chi connectivity index (χ0n) is 10.0. The first kappa shape index (κ1) is 11.5. The molecule has 0 amide bonds. The normalized spacial score (nSPS) is 28.1. The molecule has 2 atom stereocenters. The second-order valence-corrected chi connectivity index (χ2v) is 5.96. The maximum Gasteiger partial charge on any atom is 0.202 e. The van der Waals surface area contributed by atoms with Gasteiger partial charge >= 0.3 is 0 Å². The summed E-state index contributed by atoms with van der Waals surface area (Å²) < 4.78 is 0.927. The van der Waals surface area contributed by atoms with E-state index in [1.165, 1.54) is 5.01 Å². The highest BCUT2D eigenvalue weighted by atomic mass is 79.9. The number of nitrogens with zero attached hydrogens (tertiary/aromatic N) is 2. The second-order valence-electron chi connectivity index (χ2n) is 5.04. The van der Waals surface area contributed by atoms with Crippen LogP contribution in [0.2, 0.25) is 0 Å². The van der Waals surface area contributed by atoms with E-state index >= 15 is 0 Å². The molecule has 2 bridgehead atoms. The van der Waals surface area contributed by atoms with Crippen molar-refractivity contribution in [2.45, 2.75) is 18.2 Å². The highest BCUT2D eigenvalue weighted by Gasteiger charge is 2.54. The lowest BCUT2D eigenvalue weighted by molar-refractivity contribution is -0.0993. The zero-order chi connectivity index (χ0) is 13.2. The van der Waals surface area contributed by atoms with Gasteiger partial charge in [0.1, 0.15) is 0 Å². The second kappa shape index (κ2) is 3.64. The first-order valence-corrected chi connectivity index (χ1v) is 6.92. The SMILES string of the molecule is NN1C2Cc3ccc(Br)cc3C1(O)c1ncccc12. The number of aromatic nitrogens is 1. The van der Waals surface area contributed by atoms with Crippen molar-refractivity contribution < 1.29 is 5.11 Å². The molecule has 5 heteroatoms. The highest BCUT2D eigenvalue weighted by Crippen LogP contribution is 2.51. The lowest BCUT2D eigenvalue weighted by Gasteiger charge is -2.39. The molecule has 1 aromatic heterocycles. The number of nitrogens with two attached hydrogens (primary N) is 1. The molecule has 2 unspecified atom stereocenters. The third kappa shape index (κ3) is 1.31. The summed E-state index contributed by atoms with van der Waals surface area (Å²) in [5.41, 5.74) is 2.28. The molecular weight excluding hydrogens is 306 g/mol. The number of hydrogen-bond acceptors (Lipinski definition) is 4. The lowest BCUT2D eigenvalue weighted by Crippen LogP contribution is -2.51. The average Bonchev–Trinajstić information content (AvgIpc) is 2.57. The fourth-order valence-corrected chi connectivity index (χ4v) is 3.57. The monoisotopic (exact) mass is 317 g/mol. The molecule has 3 heterocycles. The van der Waals surface area contributed by atoms with Gasteiger partial charge in [-0.3, -0.25) is 10.8 Å². The van der Waals surface area contributed by atoms with Crippen molar-refractivity contribution in [3.63, 3.8) is 0 Å². The lowest BCUT2D eigenvalue weighted by atomic mass is 9.91. The van der Waals surface area contributed by atoms with Crippen LogP contribution >= 0.6 is 15.9 Å². The van der Waals surface area contributed by atoms with E-state index in [1.807, 2.05) is 30.3 Å². The Morgan fingerprint density at radius 1 is 1.42 bits per heavy atom. The predicted octanol–water partition coefficient (Wildman–Crippen LogP) is 1.82. The van der Waals surface area contributed by atoms with Crippen molar-refractivity contribution in [2.24, 2.45) is 5.84 Å². The summed E-state index contributed by atoms with van der Waals surface area (Å²) in [6.07, 6.45) is 2.49. The van der Waals surface area contributed by atoms with E-state index in [0.29, 0.717) is 5.69 Å². The van der Waals surface area contributed by atoms with Gasteiger partial charge in [0, 0.05) is 16.2 Å². The molecule has 2 aromatic rings. The van der Waals surface area contributed by atoms with Gasteiger partial charge < -0.3 is 5.11 Å². The average molecular weight is 318 g/mol. The molecule has 4 rings (SSSR count). The van der Waals surface area contributed by atoms with Crippen LogP contribution in [0.25, 0.3) is 0 Å². The Morgan fingerprint density at radius 3 is 3.11 bits per heavy atom. The minimum absolute atomic E-state index is 0.0117. The maximum atomic E-state index is 11.1. The molecule has 0 spiro atoms. The van der Waals surface area contributed by atoms with E-state index in [0.717, 1.165) is 27.6 Å². The van der Waals surface area contributed by atoms with E-state index < -0.39 is 5.72 Å². The van der Waals surface area contributed by atoms with Crippen LogP contribution in [0.3, 0.4) is 0 Å². The first-order chi connectivity index (χ1) is 9.12. The van der Waals surface area contributed by atoms with E-state index in [2.05, 4.69) is 20.9 Å². The summed E-state index contributed by atoms with van der Waals surface area (Å²) in [5.74, 6) is 6.16. The molecule has 0 aliphatic carbocycles. The van der Waals surface area contributed by atoms with E-state index in [9.17, 15) is 5.11 Å². The fourth-order valence-electron chi connectivity index (χ4n) is 3.21. The Bertz CT molecular complexity index is 690. The van der Waals surface area contributed by atoms with Crippen LogP contribution in [0.5, 0.6) is 0 Å². The van der Waals surface area contributed by atoms with Crippen molar-refractivity contribution in [2.75, 3.05) is 0 Å². The van der Waals surface area contributed by atoms with Crippen molar-refractivity contribution in [3.8, 4) is 0 Å². The third-order valence-electron chi connectivity index (χ3n) is 4.10. The van der Waals surface area contributed by atoms with E-state index in [1.54, 1.807) is 6.20 Å². The molecule has 0 fully saturated rings. The molecule has 0 radical (unpaired) electrons. The minimum atomic E-state index is -1.32. The number of hydrogen-bond donors (Lipinski definition) is 2. The highest BCUT2D eigenvalue weighted by molar-refractivity contribution is 9.10. The predicted molar refractivity (Wildman–Crippen MR) is 73.8 cm³/mol. The van der Waals surface area contributed by atoms with E-state index in [4.69, 9.17) is 5.84 Å². The van der Waals surface area contributed by atoms with Gasteiger partial charge in [-0.1, -0.05) is 28.1 Å². The van der Waals surface area contributed by atoms with Crippen LogP contribution in [0.15, 0.2) is 41.0 Å². The number of pyridine rings is 1. The fraction of sp³-hybridized carbons (Fsp3) is 0.214.